The number of nitrogens with one attached hydrogen (secondary N) is 1. The number of para-hydroxylation sites is 1. The molecule has 0 aliphatic carbocycles. The zero-order chi connectivity index (χ0) is 22.1. The third-order valence-corrected chi connectivity index (χ3v) is 7.10. The summed E-state index contributed by atoms with van der Waals surface area (Å²) in [5.41, 5.74) is 6.10. The second-order valence-corrected chi connectivity index (χ2v) is 9.25. The number of hydrogen-bond donors (Lipinski definition) is 1. The molecule has 0 radical (unpaired) electrons. The molecular weight excluding hydrogens is 416 g/mol. The Hall–Kier alpha value is -3.09. The van der Waals surface area contributed by atoms with E-state index in [2.05, 4.69) is 35.3 Å². The van der Waals surface area contributed by atoms with Crippen LogP contribution in [-0.2, 0) is 24.2 Å². The van der Waals surface area contributed by atoms with Crippen molar-refractivity contribution in [2.75, 3.05) is 18.4 Å². The van der Waals surface area contributed by atoms with E-state index in [4.69, 9.17) is 9.97 Å². The maximum Gasteiger partial charge on any atom is 0.230 e. The molecule has 5 rings (SSSR count). The Morgan fingerprint density at radius 2 is 1.88 bits per heavy atom. The fourth-order valence-electron chi connectivity index (χ4n) is 4.42. The van der Waals surface area contributed by atoms with Crippen LogP contribution in [0.25, 0.3) is 22.0 Å². The normalized spacial score (nSPS) is 13.8. The van der Waals surface area contributed by atoms with Crippen molar-refractivity contribution in [2.45, 2.75) is 33.2 Å². The van der Waals surface area contributed by atoms with Gasteiger partial charge in [0.15, 0.2) is 5.13 Å². The first kappa shape index (κ1) is 20.8. The molecule has 32 heavy (non-hydrogen) atoms. The van der Waals surface area contributed by atoms with Gasteiger partial charge in [-0.2, -0.15) is 0 Å². The molecule has 0 bridgehead atoms. The number of carbonyl (C=O) groups excluding carboxylic acids is 1. The van der Waals surface area contributed by atoms with Crippen LogP contribution < -0.4 is 5.32 Å². The highest BCUT2D eigenvalue weighted by Crippen LogP contribution is 2.34. The molecule has 1 N–H and O–H groups in total. The molecule has 2 aromatic heterocycles. The van der Waals surface area contributed by atoms with E-state index in [0.29, 0.717) is 5.13 Å². The molecular formula is C26H26N4OS. The smallest absolute Gasteiger partial charge is 0.230 e. The zero-order valence-corrected chi connectivity index (χ0v) is 19.2. The Balaban J connectivity index is 1.46. The fraction of sp³-hybridized carbons (Fsp3) is 0.269. The van der Waals surface area contributed by atoms with Gasteiger partial charge in [-0.3, -0.25) is 14.7 Å². The van der Waals surface area contributed by atoms with Gasteiger partial charge >= 0.3 is 0 Å². The fourth-order valence-corrected chi connectivity index (χ4v) is 5.49. The van der Waals surface area contributed by atoms with Crippen LogP contribution in [0.5, 0.6) is 0 Å². The molecule has 0 unspecified atom stereocenters. The highest BCUT2D eigenvalue weighted by Gasteiger charge is 2.22. The van der Waals surface area contributed by atoms with Gasteiger partial charge in [-0.1, -0.05) is 55.5 Å². The number of amides is 1. The van der Waals surface area contributed by atoms with Crippen LogP contribution in [0.1, 0.15) is 28.8 Å². The molecule has 0 spiro atoms. The standard InChI is InChI=1S/C26H26N4OS/c1-3-30-14-13-22-23(16-30)32-26(28-22)29-24(31)15-20-17(2)27-21-12-8-7-11-19(21)25(20)18-9-5-4-6-10-18/h4-12H,3,13-16H2,1-2H3,(H,28,29,31). The van der Waals surface area contributed by atoms with E-state index in [1.165, 1.54) is 4.88 Å². The quantitative estimate of drug-likeness (QED) is 0.460. The summed E-state index contributed by atoms with van der Waals surface area (Å²) in [7, 11) is 0. The SMILES string of the molecule is CCN1CCc2nc(NC(=O)Cc3c(C)nc4ccccc4c3-c3ccccc3)sc2C1. The minimum Gasteiger partial charge on any atom is -0.302 e. The lowest BCUT2D eigenvalue weighted by molar-refractivity contribution is -0.115. The maximum absolute atomic E-state index is 13.1. The summed E-state index contributed by atoms with van der Waals surface area (Å²) in [6.45, 7) is 7.16. The van der Waals surface area contributed by atoms with Crippen LogP contribution in [0.2, 0.25) is 0 Å². The number of pyridine rings is 1. The van der Waals surface area contributed by atoms with Crippen molar-refractivity contribution in [1.82, 2.24) is 14.9 Å². The largest absolute Gasteiger partial charge is 0.302 e. The Bertz CT molecular complexity index is 1280. The van der Waals surface area contributed by atoms with Crippen LogP contribution >= 0.6 is 11.3 Å². The summed E-state index contributed by atoms with van der Waals surface area (Å²) in [6, 6.07) is 18.4. The Morgan fingerprint density at radius 3 is 2.69 bits per heavy atom. The third kappa shape index (κ3) is 4.04. The van der Waals surface area contributed by atoms with Crippen LogP contribution in [0.4, 0.5) is 5.13 Å². The third-order valence-electron chi connectivity index (χ3n) is 6.10. The van der Waals surface area contributed by atoms with Crippen molar-refractivity contribution in [1.29, 1.82) is 0 Å². The summed E-state index contributed by atoms with van der Waals surface area (Å²) in [5, 5.41) is 4.82. The number of anilines is 1. The topological polar surface area (TPSA) is 58.1 Å². The van der Waals surface area contributed by atoms with Crippen LogP contribution in [0.3, 0.4) is 0 Å². The Kier molecular flexibility index (Phi) is 5.72. The number of aryl methyl sites for hydroxylation is 1. The van der Waals surface area contributed by atoms with E-state index in [1.54, 1.807) is 11.3 Å². The van der Waals surface area contributed by atoms with Gasteiger partial charge in [0, 0.05) is 35.5 Å². The molecule has 1 amide bonds. The second kappa shape index (κ2) is 8.81. The Morgan fingerprint density at radius 1 is 1.09 bits per heavy atom. The summed E-state index contributed by atoms with van der Waals surface area (Å²) in [6.07, 6.45) is 1.21. The van der Waals surface area contributed by atoms with Gasteiger partial charge in [0.2, 0.25) is 5.91 Å². The van der Waals surface area contributed by atoms with Gasteiger partial charge in [-0.15, -0.1) is 11.3 Å². The molecule has 162 valence electrons. The van der Waals surface area contributed by atoms with Gasteiger partial charge in [-0.25, -0.2) is 4.98 Å². The van der Waals surface area contributed by atoms with E-state index in [9.17, 15) is 4.79 Å². The minimum absolute atomic E-state index is 0.0548. The van der Waals surface area contributed by atoms with Crippen LogP contribution in [0.15, 0.2) is 54.6 Å². The molecule has 6 heteroatoms. The highest BCUT2D eigenvalue weighted by atomic mass is 32.1. The molecule has 0 saturated heterocycles. The van der Waals surface area contributed by atoms with Crippen LogP contribution in [0, 0.1) is 6.92 Å². The minimum atomic E-state index is -0.0548. The molecule has 2 aromatic carbocycles. The van der Waals surface area contributed by atoms with Gasteiger partial charge in [-0.05, 0) is 36.2 Å². The molecule has 4 aromatic rings. The molecule has 0 fully saturated rings. The predicted molar refractivity (Wildman–Crippen MR) is 131 cm³/mol. The van der Waals surface area contributed by atoms with E-state index in [0.717, 1.165) is 65.0 Å². The summed E-state index contributed by atoms with van der Waals surface area (Å²) < 4.78 is 0. The average Bonchev–Trinajstić information content (AvgIpc) is 3.21. The number of carbonyl (C=O) groups is 1. The van der Waals surface area contributed by atoms with Crippen molar-refractivity contribution in [3.05, 3.63) is 76.4 Å². The lowest BCUT2D eigenvalue weighted by Gasteiger charge is -2.23. The van der Waals surface area contributed by atoms with Crippen molar-refractivity contribution in [3.8, 4) is 11.1 Å². The van der Waals surface area contributed by atoms with Crippen LogP contribution in [-0.4, -0.2) is 33.9 Å². The first-order valence-electron chi connectivity index (χ1n) is 11.1. The maximum atomic E-state index is 13.1. The van der Waals surface area contributed by atoms with Crippen molar-refractivity contribution in [3.63, 3.8) is 0 Å². The van der Waals surface area contributed by atoms with E-state index in [1.807, 2.05) is 43.3 Å². The van der Waals surface area contributed by atoms with Gasteiger partial charge in [0.1, 0.15) is 0 Å². The molecule has 1 aliphatic rings. The molecule has 0 saturated carbocycles. The lowest BCUT2D eigenvalue weighted by atomic mass is 9.92. The molecule has 1 aliphatic heterocycles. The number of aromatic nitrogens is 2. The molecule has 3 heterocycles. The van der Waals surface area contributed by atoms with Crippen molar-refractivity contribution < 1.29 is 4.79 Å². The molecule has 0 atom stereocenters. The van der Waals surface area contributed by atoms with Gasteiger partial charge in [0.25, 0.3) is 0 Å². The van der Waals surface area contributed by atoms with Crippen molar-refractivity contribution in [2.24, 2.45) is 0 Å². The first-order valence-corrected chi connectivity index (χ1v) is 11.9. The number of nitrogens with zero attached hydrogens (tertiary/aromatic N) is 3. The number of benzene rings is 2. The van der Waals surface area contributed by atoms with Crippen molar-refractivity contribution >= 4 is 33.3 Å². The number of hydrogen-bond acceptors (Lipinski definition) is 5. The Labute approximate surface area is 192 Å². The number of likely N-dealkylation sites (N-methyl/N-ethyl adjacent to an activating group) is 1. The zero-order valence-electron chi connectivity index (χ0n) is 18.4. The second-order valence-electron chi connectivity index (χ2n) is 8.17. The monoisotopic (exact) mass is 442 g/mol. The summed E-state index contributed by atoms with van der Waals surface area (Å²) >= 11 is 1.60. The average molecular weight is 443 g/mol. The van der Waals surface area contributed by atoms with E-state index < -0.39 is 0 Å². The molecule has 5 nitrogen and oxygen atoms in total. The number of thiazole rings is 1. The van der Waals surface area contributed by atoms with E-state index in [-0.39, 0.29) is 12.3 Å². The van der Waals surface area contributed by atoms with E-state index >= 15 is 0 Å². The number of fused-ring (bicyclic) bond motifs is 2. The summed E-state index contributed by atoms with van der Waals surface area (Å²) in [4.78, 5) is 26.3. The van der Waals surface area contributed by atoms with Gasteiger partial charge < -0.3 is 5.32 Å². The predicted octanol–water partition coefficient (Wildman–Crippen LogP) is 5.23. The lowest BCUT2D eigenvalue weighted by Crippen LogP contribution is -2.29. The first-order chi connectivity index (χ1) is 15.6. The van der Waals surface area contributed by atoms with Gasteiger partial charge in [0.05, 0.1) is 17.6 Å². The summed E-state index contributed by atoms with van der Waals surface area (Å²) in [5.74, 6) is -0.0548. The number of rotatable bonds is 5. The highest BCUT2D eigenvalue weighted by molar-refractivity contribution is 7.15.